The van der Waals surface area contributed by atoms with Gasteiger partial charge in [-0.05, 0) is 43.0 Å². The van der Waals surface area contributed by atoms with Crippen molar-refractivity contribution in [3.05, 3.63) is 102 Å². The van der Waals surface area contributed by atoms with E-state index in [2.05, 4.69) is 17.4 Å². The van der Waals surface area contributed by atoms with Gasteiger partial charge in [-0.25, -0.2) is 4.98 Å². The summed E-state index contributed by atoms with van der Waals surface area (Å²) in [4.78, 5) is 33.5. The summed E-state index contributed by atoms with van der Waals surface area (Å²) in [6.07, 6.45) is 1.85. The van der Waals surface area contributed by atoms with Gasteiger partial charge < -0.3 is 14.8 Å². The molecule has 6 heteroatoms. The van der Waals surface area contributed by atoms with Gasteiger partial charge in [0.25, 0.3) is 0 Å². The third-order valence-corrected chi connectivity index (χ3v) is 6.73. The van der Waals surface area contributed by atoms with E-state index in [0.29, 0.717) is 13.1 Å². The van der Waals surface area contributed by atoms with Gasteiger partial charge >= 0.3 is 0 Å². The summed E-state index contributed by atoms with van der Waals surface area (Å²) in [5.74, 6) is 0.661. The number of amides is 2. The van der Waals surface area contributed by atoms with Crippen LogP contribution in [0.2, 0.25) is 0 Å². The Morgan fingerprint density at radius 1 is 0.914 bits per heavy atom. The molecule has 0 saturated carbocycles. The van der Waals surface area contributed by atoms with Crippen LogP contribution in [0.4, 0.5) is 0 Å². The number of nitrogens with one attached hydrogen (secondary N) is 1. The third kappa shape index (κ3) is 4.83. The Bertz CT molecular complexity index is 1320. The highest BCUT2D eigenvalue weighted by Crippen LogP contribution is 2.37. The first kappa shape index (κ1) is 22.8. The van der Waals surface area contributed by atoms with Crippen LogP contribution in [0.5, 0.6) is 0 Å². The number of para-hydroxylation sites is 2. The number of carbonyl (C=O) groups is 2. The number of benzene rings is 3. The van der Waals surface area contributed by atoms with Crippen molar-refractivity contribution < 1.29 is 9.59 Å². The number of aryl methyl sites for hydroxylation is 1. The van der Waals surface area contributed by atoms with E-state index in [4.69, 9.17) is 4.98 Å². The van der Waals surface area contributed by atoms with E-state index in [1.807, 2.05) is 89.2 Å². The third-order valence-electron chi connectivity index (χ3n) is 6.73. The SMILES string of the molecule is C[C@H]1c2nc3ccccc3n2[C@@H](CC(=O)NCCCc2ccccc2)C(=O)N1Cc1ccccc1. The van der Waals surface area contributed by atoms with Crippen LogP contribution in [0.15, 0.2) is 84.9 Å². The predicted molar refractivity (Wildman–Crippen MR) is 137 cm³/mol. The molecule has 5 rings (SSSR count). The van der Waals surface area contributed by atoms with Gasteiger partial charge in [0, 0.05) is 13.1 Å². The molecule has 178 valence electrons. The van der Waals surface area contributed by atoms with Crippen LogP contribution < -0.4 is 5.32 Å². The lowest BCUT2D eigenvalue weighted by Crippen LogP contribution is -2.46. The van der Waals surface area contributed by atoms with Gasteiger partial charge in [-0.15, -0.1) is 0 Å². The second-order valence-electron chi connectivity index (χ2n) is 9.12. The Morgan fingerprint density at radius 3 is 2.31 bits per heavy atom. The van der Waals surface area contributed by atoms with E-state index in [1.54, 1.807) is 0 Å². The minimum absolute atomic E-state index is 0.0450. The van der Waals surface area contributed by atoms with E-state index in [0.717, 1.165) is 35.3 Å². The van der Waals surface area contributed by atoms with Crippen LogP contribution in [0.3, 0.4) is 0 Å². The maximum Gasteiger partial charge on any atom is 0.247 e. The molecule has 0 radical (unpaired) electrons. The molecule has 6 nitrogen and oxygen atoms in total. The summed E-state index contributed by atoms with van der Waals surface area (Å²) in [6.45, 7) is 3.08. The monoisotopic (exact) mass is 466 g/mol. The van der Waals surface area contributed by atoms with Gasteiger partial charge in [-0.1, -0.05) is 72.8 Å². The molecule has 0 spiro atoms. The van der Waals surface area contributed by atoms with Crippen molar-refractivity contribution >= 4 is 22.8 Å². The number of hydrogen-bond donors (Lipinski definition) is 1. The Kier molecular flexibility index (Phi) is 6.62. The van der Waals surface area contributed by atoms with E-state index >= 15 is 0 Å². The van der Waals surface area contributed by atoms with Crippen molar-refractivity contribution in [2.24, 2.45) is 0 Å². The van der Waals surface area contributed by atoms with Gasteiger partial charge in [0.1, 0.15) is 11.9 Å². The number of imidazole rings is 1. The lowest BCUT2D eigenvalue weighted by Gasteiger charge is -2.38. The van der Waals surface area contributed by atoms with Crippen molar-refractivity contribution in [1.82, 2.24) is 19.8 Å². The number of hydrogen-bond acceptors (Lipinski definition) is 3. The zero-order valence-electron chi connectivity index (χ0n) is 19.9. The lowest BCUT2D eigenvalue weighted by molar-refractivity contribution is -0.142. The van der Waals surface area contributed by atoms with Gasteiger partial charge in [-0.3, -0.25) is 9.59 Å². The Balaban J connectivity index is 1.35. The Morgan fingerprint density at radius 2 is 1.57 bits per heavy atom. The molecule has 2 atom stereocenters. The van der Waals surface area contributed by atoms with Gasteiger partial charge in [0.2, 0.25) is 11.8 Å². The second-order valence-corrected chi connectivity index (χ2v) is 9.12. The molecule has 0 fully saturated rings. The van der Waals surface area contributed by atoms with Crippen molar-refractivity contribution in [2.75, 3.05) is 6.54 Å². The van der Waals surface area contributed by atoms with Crippen LogP contribution in [0.1, 0.15) is 48.8 Å². The van der Waals surface area contributed by atoms with Gasteiger partial charge in [-0.2, -0.15) is 0 Å². The van der Waals surface area contributed by atoms with E-state index in [9.17, 15) is 9.59 Å². The Labute approximate surface area is 205 Å². The zero-order chi connectivity index (χ0) is 24.2. The fraction of sp³-hybridized carbons (Fsp3) is 0.276. The minimum atomic E-state index is -0.619. The number of fused-ring (bicyclic) bond motifs is 3. The maximum atomic E-state index is 13.8. The van der Waals surface area contributed by atoms with Crippen LogP contribution in [-0.2, 0) is 22.6 Å². The zero-order valence-corrected chi connectivity index (χ0v) is 19.9. The first-order valence-electron chi connectivity index (χ1n) is 12.2. The summed E-state index contributed by atoms with van der Waals surface area (Å²) in [6, 6.07) is 27.2. The normalized spacial score (nSPS) is 17.4. The molecule has 0 unspecified atom stereocenters. The van der Waals surface area contributed by atoms with Crippen LogP contribution in [-0.4, -0.2) is 32.8 Å². The van der Waals surface area contributed by atoms with Crippen molar-refractivity contribution in [1.29, 1.82) is 0 Å². The molecule has 0 saturated heterocycles. The number of rotatable bonds is 8. The molecule has 4 aromatic rings. The smallest absolute Gasteiger partial charge is 0.247 e. The highest BCUT2D eigenvalue weighted by molar-refractivity contribution is 5.90. The van der Waals surface area contributed by atoms with Crippen LogP contribution in [0, 0.1) is 0 Å². The van der Waals surface area contributed by atoms with Crippen molar-refractivity contribution in [3.8, 4) is 0 Å². The second kappa shape index (κ2) is 10.1. The summed E-state index contributed by atoms with van der Waals surface area (Å²) >= 11 is 0. The number of aromatic nitrogens is 2. The first-order valence-corrected chi connectivity index (χ1v) is 12.2. The van der Waals surface area contributed by atoms with Crippen molar-refractivity contribution in [3.63, 3.8) is 0 Å². The number of carbonyl (C=O) groups excluding carboxylic acids is 2. The fourth-order valence-corrected chi connectivity index (χ4v) is 4.90. The maximum absolute atomic E-state index is 13.8. The lowest BCUT2D eigenvalue weighted by atomic mass is 10.0. The molecule has 2 heterocycles. The summed E-state index contributed by atoms with van der Waals surface area (Å²) in [5.41, 5.74) is 4.05. The molecular weight excluding hydrogens is 436 g/mol. The highest BCUT2D eigenvalue weighted by Gasteiger charge is 2.40. The predicted octanol–water partition coefficient (Wildman–Crippen LogP) is 4.82. The number of nitrogens with zero attached hydrogens (tertiary/aromatic N) is 3. The topological polar surface area (TPSA) is 67.2 Å². The van der Waals surface area contributed by atoms with Crippen LogP contribution >= 0.6 is 0 Å². The molecule has 0 bridgehead atoms. The molecular formula is C29H30N4O2. The van der Waals surface area contributed by atoms with Crippen LogP contribution in [0.25, 0.3) is 11.0 Å². The average Bonchev–Trinajstić information content (AvgIpc) is 3.28. The van der Waals surface area contributed by atoms with Gasteiger partial charge in [0.15, 0.2) is 0 Å². The molecule has 1 aliphatic heterocycles. The first-order chi connectivity index (χ1) is 17.1. The molecule has 1 aromatic heterocycles. The van der Waals surface area contributed by atoms with E-state index in [1.165, 1.54) is 5.56 Å². The highest BCUT2D eigenvalue weighted by atomic mass is 16.2. The standard InChI is InChI=1S/C29H30N4O2/c1-21-28-31-24-16-8-9-17-25(24)33(28)26(29(35)32(21)20-23-13-6-3-7-14-23)19-27(34)30-18-10-15-22-11-4-2-5-12-22/h2-9,11-14,16-17,21,26H,10,15,18-20H2,1H3,(H,30,34)/t21-,26-/m0/s1. The molecule has 3 aromatic carbocycles. The van der Waals surface area contributed by atoms with Gasteiger partial charge in [0.05, 0.1) is 23.5 Å². The quantitative estimate of drug-likeness (QED) is 0.379. The summed E-state index contributed by atoms with van der Waals surface area (Å²) < 4.78 is 1.98. The molecule has 1 N–H and O–H groups in total. The summed E-state index contributed by atoms with van der Waals surface area (Å²) in [7, 11) is 0. The summed E-state index contributed by atoms with van der Waals surface area (Å²) in [5, 5.41) is 3.02. The largest absolute Gasteiger partial charge is 0.356 e. The van der Waals surface area contributed by atoms with E-state index < -0.39 is 6.04 Å². The molecule has 1 aliphatic rings. The molecule has 35 heavy (non-hydrogen) atoms. The fourth-order valence-electron chi connectivity index (χ4n) is 4.90. The van der Waals surface area contributed by atoms with Crippen molar-refractivity contribution in [2.45, 2.75) is 44.8 Å². The average molecular weight is 467 g/mol. The molecule has 0 aliphatic carbocycles. The van der Waals surface area contributed by atoms with E-state index in [-0.39, 0.29) is 24.3 Å². The Hall–Kier alpha value is -3.93. The molecule has 2 amide bonds. The minimum Gasteiger partial charge on any atom is -0.356 e.